The Morgan fingerprint density at radius 1 is 0.946 bits per heavy atom. The highest BCUT2D eigenvalue weighted by atomic mass is 19.4. The number of H-pyrrole nitrogens is 2. The molecule has 0 fully saturated rings. The van der Waals surface area contributed by atoms with Crippen LogP contribution < -0.4 is 10.1 Å². The number of halogens is 6. The number of fused-ring (bicyclic) bond motifs is 2. The van der Waals surface area contributed by atoms with Gasteiger partial charge in [-0.15, -0.1) is 0 Å². The summed E-state index contributed by atoms with van der Waals surface area (Å²) in [7, 11) is 1.65. The number of imidazole rings is 1. The Balaban J connectivity index is 0.000000512. The molecule has 3 heterocycles. The minimum Gasteiger partial charge on any atom is -0.497 e. The molecule has 1 amide bonds. The normalized spacial score (nSPS) is 13.4. The van der Waals surface area contributed by atoms with Crippen LogP contribution in [0.2, 0.25) is 0 Å². The number of ether oxygens (including phenoxy) is 1. The monoisotopic (exact) mass is 797 g/mol. The van der Waals surface area contributed by atoms with Crippen molar-refractivity contribution in [1.29, 1.82) is 0 Å². The Kier molecular flexibility index (Phi) is 16.5. The van der Waals surface area contributed by atoms with E-state index in [0.29, 0.717) is 18.6 Å². The summed E-state index contributed by atoms with van der Waals surface area (Å²) < 4.78 is 68.9. The van der Waals surface area contributed by atoms with E-state index in [1.807, 2.05) is 38.2 Å². The van der Waals surface area contributed by atoms with Crippen molar-refractivity contribution in [2.45, 2.75) is 96.7 Å². The van der Waals surface area contributed by atoms with Crippen molar-refractivity contribution in [2.24, 2.45) is 0 Å². The number of methoxy groups -OCH3 is 1. The molecule has 56 heavy (non-hydrogen) atoms. The van der Waals surface area contributed by atoms with E-state index in [9.17, 15) is 35.9 Å². The molecule has 4 aromatic rings. The Morgan fingerprint density at radius 3 is 2.20 bits per heavy atom. The van der Waals surface area contributed by atoms with Crippen LogP contribution in [0.4, 0.5) is 26.3 Å². The largest absolute Gasteiger partial charge is 0.497 e. The van der Waals surface area contributed by atoms with E-state index in [1.54, 1.807) is 7.11 Å². The van der Waals surface area contributed by atoms with Gasteiger partial charge in [-0.2, -0.15) is 26.3 Å². The third-order valence-electron chi connectivity index (χ3n) is 8.91. The van der Waals surface area contributed by atoms with Gasteiger partial charge in [-0.05, 0) is 61.1 Å². The molecular weight excluding hydrogens is 752 g/mol. The summed E-state index contributed by atoms with van der Waals surface area (Å²) in [6.45, 7) is 6.64. The minimum atomic E-state index is -5.08. The number of carboxylic acids is 2. The number of aromatic nitrogens is 3. The quantitative estimate of drug-likeness (QED) is 0.0644. The van der Waals surface area contributed by atoms with Crippen LogP contribution in [0.25, 0.3) is 10.9 Å². The van der Waals surface area contributed by atoms with Gasteiger partial charge < -0.3 is 30.2 Å². The first-order valence-electron chi connectivity index (χ1n) is 17.7. The number of ketones is 1. The SMILES string of the molecule is CCC(=O)CCCCCC(NC(=O)Cc1c(C)[nH]c2ccc(OC)cc12)c1ncc(CN2CCc3ccccc3C2)[nH]1.O=C(O)C(F)(F)F.O=C(O)C(F)(F)F. The number of amides is 1. The maximum Gasteiger partial charge on any atom is 0.490 e. The molecule has 0 radical (unpaired) electrons. The molecule has 5 N–H and O–H groups in total. The van der Waals surface area contributed by atoms with E-state index >= 15 is 0 Å². The molecule has 306 valence electrons. The summed E-state index contributed by atoms with van der Waals surface area (Å²) in [6.07, 6.45) is -2.23. The van der Waals surface area contributed by atoms with Crippen molar-refractivity contribution in [3.8, 4) is 5.75 Å². The lowest BCUT2D eigenvalue weighted by molar-refractivity contribution is -0.193. The summed E-state index contributed by atoms with van der Waals surface area (Å²) >= 11 is 0. The van der Waals surface area contributed by atoms with Crippen LogP contribution in [0.1, 0.15) is 85.4 Å². The first-order chi connectivity index (χ1) is 26.3. The van der Waals surface area contributed by atoms with Crippen LogP contribution in [0, 0.1) is 6.92 Å². The molecule has 18 heteroatoms. The molecule has 0 spiro atoms. The van der Waals surface area contributed by atoms with Crippen LogP contribution in [-0.4, -0.2) is 79.7 Å². The number of nitrogens with one attached hydrogen (secondary N) is 3. The summed E-state index contributed by atoms with van der Waals surface area (Å²) in [6, 6.07) is 14.3. The van der Waals surface area contributed by atoms with Gasteiger partial charge in [-0.1, -0.05) is 44.0 Å². The molecule has 0 saturated heterocycles. The van der Waals surface area contributed by atoms with Crippen molar-refractivity contribution < 1.29 is 60.5 Å². The zero-order chi connectivity index (χ0) is 41.6. The van der Waals surface area contributed by atoms with Crippen molar-refractivity contribution in [3.63, 3.8) is 0 Å². The van der Waals surface area contributed by atoms with Gasteiger partial charge in [0.15, 0.2) is 0 Å². The number of aryl methyl sites for hydroxylation is 1. The molecule has 1 aliphatic rings. The van der Waals surface area contributed by atoms with Crippen molar-refractivity contribution in [3.05, 3.63) is 82.6 Å². The van der Waals surface area contributed by atoms with Gasteiger partial charge in [0.25, 0.3) is 0 Å². The molecule has 2 aromatic heterocycles. The van der Waals surface area contributed by atoms with Crippen molar-refractivity contribution >= 4 is 34.5 Å². The van der Waals surface area contributed by atoms with E-state index in [0.717, 1.165) is 91.2 Å². The van der Waals surface area contributed by atoms with E-state index in [2.05, 4.69) is 44.5 Å². The molecule has 2 aromatic carbocycles. The average Bonchev–Trinajstić information content (AvgIpc) is 3.73. The molecule has 12 nitrogen and oxygen atoms in total. The second-order valence-electron chi connectivity index (χ2n) is 13.1. The maximum atomic E-state index is 13.5. The average molecular weight is 798 g/mol. The number of aliphatic carboxylic acids is 2. The fourth-order valence-electron chi connectivity index (χ4n) is 5.99. The lowest BCUT2D eigenvalue weighted by atomic mass is 10.00. The van der Waals surface area contributed by atoms with Gasteiger partial charge in [-0.3, -0.25) is 14.5 Å². The van der Waals surface area contributed by atoms with Gasteiger partial charge in [0.1, 0.15) is 17.4 Å². The Morgan fingerprint density at radius 2 is 1.59 bits per heavy atom. The lowest BCUT2D eigenvalue weighted by Crippen LogP contribution is -2.31. The smallest absolute Gasteiger partial charge is 0.490 e. The van der Waals surface area contributed by atoms with E-state index in [-0.39, 0.29) is 18.4 Å². The first kappa shape index (κ1) is 45.0. The summed E-state index contributed by atoms with van der Waals surface area (Å²) in [4.78, 5) is 57.1. The topological polar surface area (TPSA) is 178 Å². The Hall–Kier alpha value is -5.39. The second kappa shape index (κ2) is 20.5. The van der Waals surface area contributed by atoms with Crippen molar-refractivity contribution in [1.82, 2.24) is 25.2 Å². The van der Waals surface area contributed by atoms with Crippen LogP contribution in [0.3, 0.4) is 0 Å². The number of hydrogen-bond acceptors (Lipinski definition) is 7. The molecule has 5 rings (SSSR count). The number of hydrogen-bond donors (Lipinski definition) is 5. The number of aromatic amines is 2. The van der Waals surface area contributed by atoms with E-state index < -0.39 is 24.3 Å². The van der Waals surface area contributed by atoms with Gasteiger partial charge in [0.05, 0.1) is 19.6 Å². The summed E-state index contributed by atoms with van der Waals surface area (Å²) in [5.41, 5.74) is 6.83. The standard InChI is InChI=1S/C34H43N5O3.2C2HF3O2/c1-4-27(40)12-6-5-7-13-32(38-33(41)19-29-23(2)36-31-15-14-28(42-3)18-30(29)31)34-35-20-26(37-34)22-39-17-16-24-10-8-9-11-25(24)21-39;2*3-2(4,5)1(6)7/h8-11,14-15,18,20,32,36H,4-7,12-13,16-17,19,21-22H2,1-3H3,(H,35,37)(H,38,41);2*(H,6,7). The zero-order valence-corrected chi connectivity index (χ0v) is 31.1. The van der Waals surface area contributed by atoms with Gasteiger partial charge >= 0.3 is 24.3 Å². The third-order valence-corrected chi connectivity index (χ3v) is 8.91. The predicted molar refractivity (Wildman–Crippen MR) is 193 cm³/mol. The molecule has 0 saturated carbocycles. The third kappa shape index (κ3) is 14.0. The number of carbonyl (C=O) groups is 4. The molecule has 0 bridgehead atoms. The number of Topliss-reactive ketones (excluding diaryl/α,β-unsaturated/α-hetero) is 1. The molecular formula is C38H45F6N5O7. The van der Waals surface area contributed by atoms with Gasteiger partial charge in [0, 0.05) is 61.0 Å². The first-order valence-corrected chi connectivity index (χ1v) is 17.7. The maximum absolute atomic E-state index is 13.5. The zero-order valence-electron chi connectivity index (χ0n) is 31.1. The highest BCUT2D eigenvalue weighted by molar-refractivity contribution is 5.91. The highest BCUT2D eigenvalue weighted by Crippen LogP contribution is 2.28. The van der Waals surface area contributed by atoms with Crippen molar-refractivity contribution in [2.75, 3.05) is 13.7 Å². The predicted octanol–water partition coefficient (Wildman–Crippen LogP) is 7.36. The van der Waals surface area contributed by atoms with Gasteiger partial charge in [0.2, 0.25) is 5.91 Å². The number of carbonyl (C=O) groups excluding carboxylic acids is 2. The number of alkyl halides is 6. The molecule has 1 aliphatic heterocycles. The number of rotatable bonds is 14. The van der Waals surface area contributed by atoms with Crippen LogP contribution in [0.5, 0.6) is 5.75 Å². The highest BCUT2D eigenvalue weighted by Gasteiger charge is 2.39. The number of carboxylic acid groups (broad SMARTS) is 2. The van der Waals surface area contributed by atoms with E-state index in [1.165, 1.54) is 11.1 Å². The molecule has 1 unspecified atom stereocenters. The second-order valence-corrected chi connectivity index (χ2v) is 13.1. The fraction of sp³-hybridized carbons (Fsp3) is 0.447. The fourth-order valence-corrected chi connectivity index (χ4v) is 5.99. The van der Waals surface area contributed by atoms with Crippen LogP contribution >= 0.6 is 0 Å². The Labute approximate surface area is 318 Å². The Bertz CT molecular complexity index is 1920. The van der Waals surface area contributed by atoms with Crippen LogP contribution in [0.15, 0.2) is 48.7 Å². The lowest BCUT2D eigenvalue weighted by Gasteiger charge is -2.28. The minimum absolute atomic E-state index is 0.0430. The van der Waals surface area contributed by atoms with E-state index in [4.69, 9.17) is 29.5 Å². The summed E-state index contributed by atoms with van der Waals surface area (Å²) in [5, 5.41) is 18.5. The van der Waals surface area contributed by atoms with Gasteiger partial charge in [-0.25, -0.2) is 14.6 Å². The van der Waals surface area contributed by atoms with Crippen LogP contribution in [-0.2, 0) is 45.1 Å². The number of unbranched alkanes of at least 4 members (excludes halogenated alkanes) is 2. The summed E-state index contributed by atoms with van der Waals surface area (Å²) in [5.74, 6) is -3.69. The number of benzene rings is 2. The molecule has 0 aliphatic carbocycles. The number of nitrogens with zero attached hydrogens (tertiary/aromatic N) is 2. The molecule has 1 atom stereocenters.